The van der Waals surface area contributed by atoms with Crippen LogP contribution in [0.5, 0.6) is 0 Å². The van der Waals surface area contributed by atoms with E-state index < -0.39 is 24.5 Å². The monoisotopic (exact) mass is 360 g/mol. The highest BCUT2D eigenvalue weighted by Crippen LogP contribution is 2.41. The summed E-state index contributed by atoms with van der Waals surface area (Å²) in [6.07, 6.45) is -4.49. The highest BCUT2D eigenvalue weighted by Gasteiger charge is 2.37. The number of piperazine rings is 1. The Balaban J connectivity index is 0.00000242. The van der Waals surface area contributed by atoms with Crippen LogP contribution in [0.1, 0.15) is 23.6 Å². The number of halogens is 6. The lowest BCUT2D eigenvalue weighted by Crippen LogP contribution is -2.45. The molecular weight excluding hydrogens is 343 g/mol. The van der Waals surface area contributed by atoms with Crippen molar-refractivity contribution in [2.75, 3.05) is 32.9 Å². The van der Waals surface area contributed by atoms with Gasteiger partial charge in [0.1, 0.15) is 0 Å². The number of hydrogen-bond donors (Lipinski definition) is 1. The molecule has 1 heterocycles. The van der Waals surface area contributed by atoms with Crippen LogP contribution in [0.2, 0.25) is 5.02 Å². The maximum atomic E-state index is 13.2. The molecule has 8 heteroatoms. The Bertz CT molecular complexity index is 476. The Morgan fingerprint density at radius 2 is 1.86 bits per heavy atom. The Morgan fingerprint density at radius 1 is 1.23 bits per heavy atom. The molecule has 1 aromatic carbocycles. The molecule has 0 saturated carbocycles. The second-order valence-electron chi connectivity index (χ2n) is 4.98. The molecule has 1 atom stereocenters. The van der Waals surface area contributed by atoms with Gasteiger partial charge in [-0.2, -0.15) is 13.2 Å². The van der Waals surface area contributed by atoms with Gasteiger partial charge in [-0.3, -0.25) is 9.29 Å². The molecule has 1 aliphatic heterocycles. The summed E-state index contributed by atoms with van der Waals surface area (Å²) in [5.41, 5.74) is -0.779. The SMILES string of the molecule is Cl.FCC[C@H](c1c(Cl)cccc1C(F)(F)F)N1CCNCC1. The van der Waals surface area contributed by atoms with E-state index in [0.29, 0.717) is 26.2 Å². The molecule has 2 nitrogen and oxygen atoms in total. The Morgan fingerprint density at radius 3 is 2.41 bits per heavy atom. The fourth-order valence-electron chi connectivity index (χ4n) is 2.73. The van der Waals surface area contributed by atoms with Gasteiger partial charge in [-0.05, 0) is 18.6 Å². The molecule has 0 aliphatic carbocycles. The molecule has 0 amide bonds. The first-order valence-electron chi connectivity index (χ1n) is 6.81. The lowest BCUT2D eigenvalue weighted by molar-refractivity contribution is -0.138. The molecule has 0 aromatic heterocycles. The molecule has 1 aromatic rings. The fraction of sp³-hybridized carbons (Fsp3) is 0.571. The average molecular weight is 361 g/mol. The molecule has 0 unspecified atom stereocenters. The van der Waals surface area contributed by atoms with Gasteiger partial charge in [0.2, 0.25) is 0 Å². The fourth-order valence-corrected chi connectivity index (χ4v) is 3.03. The zero-order valence-electron chi connectivity index (χ0n) is 11.8. The molecule has 126 valence electrons. The summed E-state index contributed by atoms with van der Waals surface area (Å²) in [4.78, 5) is 1.87. The first kappa shape index (κ1) is 19.5. The number of nitrogens with zero attached hydrogens (tertiary/aromatic N) is 1. The van der Waals surface area contributed by atoms with E-state index in [1.54, 1.807) is 0 Å². The van der Waals surface area contributed by atoms with Crippen molar-refractivity contribution in [2.24, 2.45) is 0 Å². The number of rotatable bonds is 4. The third kappa shape index (κ3) is 4.47. The first-order valence-corrected chi connectivity index (χ1v) is 7.19. The normalized spacial score (nSPS) is 17.9. The standard InChI is InChI=1S/C14H17ClF4N2.ClH/c15-11-3-1-2-10(14(17,18)19)13(11)12(4-5-16)21-8-6-20-7-9-21;/h1-3,12,20H,4-9H2;1H/t12-;/m1./s1. The summed E-state index contributed by atoms with van der Waals surface area (Å²) in [7, 11) is 0. The summed E-state index contributed by atoms with van der Waals surface area (Å²) in [6, 6.07) is 3.06. The Hall–Kier alpha value is -0.560. The first-order chi connectivity index (χ1) is 9.95. The van der Waals surface area contributed by atoms with E-state index in [9.17, 15) is 17.6 Å². The van der Waals surface area contributed by atoms with E-state index >= 15 is 0 Å². The van der Waals surface area contributed by atoms with Crippen LogP contribution >= 0.6 is 24.0 Å². The van der Waals surface area contributed by atoms with Crippen LogP contribution in [0.25, 0.3) is 0 Å². The van der Waals surface area contributed by atoms with E-state index in [1.165, 1.54) is 12.1 Å². The van der Waals surface area contributed by atoms with Crippen molar-refractivity contribution in [2.45, 2.75) is 18.6 Å². The minimum Gasteiger partial charge on any atom is -0.314 e. The molecule has 22 heavy (non-hydrogen) atoms. The van der Waals surface area contributed by atoms with Crippen LogP contribution in [0.15, 0.2) is 18.2 Å². The minimum atomic E-state index is -4.50. The van der Waals surface area contributed by atoms with E-state index in [0.717, 1.165) is 6.07 Å². The highest BCUT2D eigenvalue weighted by molar-refractivity contribution is 6.31. The van der Waals surface area contributed by atoms with E-state index in [-0.39, 0.29) is 29.4 Å². The quantitative estimate of drug-likeness (QED) is 0.813. The largest absolute Gasteiger partial charge is 0.416 e. The van der Waals surface area contributed by atoms with Gasteiger partial charge >= 0.3 is 6.18 Å². The Kier molecular flexibility index (Phi) is 7.38. The molecule has 0 radical (unpaired) electrons. The van der Waals surface area contributed by atoms with Gasteiger partial charge in [0, 0.05) is 42.8 Å². The lowest BCUT2D eigenvalue weighted by atomic mass is 9.95. The van der Waals surface area contributed by atoms with Crippen molar-refractivity contribution in [3.63, 3.8) is 0 Å². The number of hydrogen-bond acceptors (Lipinski definition) is 2. The average Bonchev–Trinajstić information content (AvgIpc) is 2.45. The maximum Gasteiger partial charge on any atom is 0.416 e. The van der Waals surface area contributed by atoms with Gasteiger partial charge in [-0.15, -0.1) is 12.4 Å². The summed E-state index contributed by atoms with van der Waals surface area (Å²) >= 11 is 6.02. The molecule has 1 aliphatic rings. The summed E-state index contributed by atoms with van der Waals surface area (Å²) in [5.74, 6) is 0. The lowest BCUT2D eigenvalue weighted by Gasteiger charge is -2.36. The van der Waals surface area contributed by atoms with Crippen LogP contribution in [0.4, 0.5) is 17.6 Å². The van der Waals surface area contributed by atoms with Crippen molar-refractivity contribution in [1.82, 2.24) is 10.2 Å². The Labute approximate surface area is 138 Å². The highest BCUT2D eigenvalue weighted by atomic mass is 35.5. The van der Waals surface area contributed by atoms with Crippen LogP contribution in [-0.4, -0.2) is 37.8 Å². The molecular formula is C14H18Cl2F4N2. The van der Waals surface area contributed by atoms with Crippen LogP contribution < -0.4 is 5.32 Å². The predicted octanol–water partition coefficient (Wildman–Crippen LogP) is 4.09. The second-order valence-corrected chi connectivity index (χ2v) is 5.39. The van der Waals surface area contributed by atoms with E-state index in [2.05, 4.69) is 5.32 Å². The number of benzene rings is 1. The van der Waals surface area contributed by atoms with Crippen molar-refractivity contribution in [3.8, 4) is 0 Å². The van der Waals surface area contributed by atoms with Crippen molar-refractivity contribution < 1.29 is 17.6 Å². The summed E-state index contributed by atoms with van der Waals surface area (Å²) in [5, 5.41) is 3.18. The second kappa shape index (κ2) is 8.34. The maximum absolute atomic E-state index is 13.2. The van der Waals surface area contributed by atoms with Gasteiger partial charge in [-0.25, -0.2) is 0 Å². The van der Waals surface area contributed by atoms with Crippen LogP contribution in [-0.2, 0) is 6.18 Å². The van der Waals surface area contributed by atoms with E-state index in [4.69, 9.17) is 11.6 Å². The zero-order valence-corrected chi connectivity index (χ0v) is 13.4. The van der Waals surface area contributed by atoms with Gasteiger partial charge in [0.05, 0.1) is 12.2 Å². The van der Waals surface area contributed by atoms with Crippen LogP contribution in [0, 0.1) is 0 Å². The van der Waals surface area contributed by atoms with Gasteiger partial charge < -0.3 is 5.32 Å². The van der Waals surface area contributed by atoms with Gasteiger partial charge in [0.25, 0.3) is 0 Å². The van der Waals surface area contributed by atoms with Crippen LogP contribution in [0.3, 0.4) is 0 Å². The third-order valence-corrected chi connectivity index (χ3v) is 4.00. The molecule has 0 spiro atoms. The molecule has 1 N–H and O–H groups in total. The molecule has 1 fully saturated rings. The predicted molar refractivity (Wildman–Crippen MR) is 81.5 cm³/mol. The summed E-state index contributed by atoms with van der Waals surface area (Å²) in [6.45, 7) is 1.82. The number of nitrogens with one attached hydrogen (secondary N) is 1. The molecule has 1 saturated heterocycles. The van der Waals surface area contributed by atoms with Crippen molar-refractivity contribution >= 4 is 24.0 Å². The smallest absolute Gasteiger partial charge is 0.314 e. The van der Waals surface area contributed by atoms with E-state index in [1.807, 2.05) is 4.90 Å². The third-order valence-electron chi connectivity index (χ3n) is 3.67. The molecule has 2 rings (SSSR count). The van der Waals surface area contributed by atoms with Gasteiger partial charge in [0.15, 0.2) is 0 Å². The zero-order chi connectivity index (χ0) is 15.5. The van der Waals surface area contributed by atoms with Crippen molar-refractivity contribution in [3.05, 3.63) is 34.3 Å². The van der Waals surface area contributed by atoms with Crippen molar-refractivity contribution in [1.29, 1.82) is 0 Å². The molecule has 0 bridgehead atoms. The number of alkyl halides is 4. The minimum absolute atomic E-state index is 0. The van der Waals surface area contributed by atoms with Gasteiger partial charge in [-0.1, -0.05) is 17.7 Å². The topological polar surface area (TPSA) is 15.3 Å². The summed E-state index contributed by atoms with van der Waals surface area (Å²) < 4.78 is 52.5.